The van der Waals surface area contributed by atoms with Crippen LogP contribution in [0.3, 0.4) is 0 Å². The predicted molar refractivity (Wildman–Crippen MR) is 118 cm³/mol. The predicted octanol–water partition coefficient (Wildman–Crippen LogP) is 4.25. The van der Waals surface area contributed by atoms with Crippen LogP contribution in [0.25, 0.3) is 10.8 Å². The second-order valence-electron chi connectivity index (χ2n) is 6.52. The summed E-state index contributed by atoms with van der Waals surface area (Å²) in [5, 5.41) is 8.84. The summed E-state index contributed by atoms with van der Waals surface area (Å²) in [6.45, 7) is 0. The lowest BCUT2D eigenvalue weighted by atomic mass is 10.1. The van der Waals surface area contributed by atoms with E-state index < -0.39 is 5.91 Å². The molecular weight excluding hydrogens is 376 g/mol. The molecule has 0 bridgehead atoms. The van der Waals surface area contributed by atoms with Gasteiger partial charge in [0.2, 0.25) is 0 Å². The number of rotatable bonds is 5. The zero-order valence-corrected chi connectivity index (χ0v) is 15.9. The average Bonchev–Trinajstić information content (AvgIpc) is 2.80. The van der Waals surface area contributed by atoms with Crippen LogP contribution in [-0.2, 0) is 0 Å². The maximum Gasteiger partial charge on any atom is 0.273 e. The van der Waals surface area contributed by atoms with Crippen molar-refractivity contribution in [3.8, 4) is 0 Å². The number of pyridine rings is 1. The van der Waals surface area contributed by atoms with Crippen LogP contribution in [0.4, 0.5) is 5.69 Å². The van der Waals surface area contributed by atoms with E-state index in [9.17, 15) is 9.59 Å². The third-order valence-corrected chi connectivity index (χ3v) is 4.47. The van der Waals surface area contributed by atoms with Gasteiger partial charge in [-0.25, -0.2) is 5.43 Å². The minimum absolute atomic E-state index is 0.292. The lowest BCUT2D eigenvalue weighted by Gasteiger charge is -2.10. The highest BCUT2D eigenvalue weighted by molar-refractivity contribution is 6.09. The van der Waals surface area contributed by atoms with Crippen molar-refractivity contribution >= 4 is 34.5 Å². The molecule has 0 radical (unpaired) electrons. The van der Waals surface area contributed by atoms with Crippen LogP contribution < -0.4 is 10.7 Å². The molecule has 3 aromatic carbocycles. The summed E-state index contributed by atoms with van der Waals surface area (Å²) in [6, 6.07) is 25.3. The lowest BCUT2D eigenvalue weighted by Crippen LogP contribution is -2.21. The van der Waals surface area contributed by atoms with Crippen LogP contribution in [-0.4, -0.2) is 23.0 Å². The summed E-state index contributed by atoms with van der Waals surface area (Å²) < 4.78 is 0. The Morgan fingerprint density at radius 1 is 0.800 bits per heavy atom. The van der Waals surface area contributed by atoms with Crippen LogP contribution in [0.5, 0.6) is 0 Å². The number of para-hydroxylation sites is 1. The fourth-order valence-corrected chi connectivity index (χ4v) is 2.96. The number of anilines is 1. The molecule has 0 saturated carbocycles. The topological polar surface area (TPSA) is 83.5 Å². The Balaban J connectivity index is 1.46. The SMILES string of the molecule is O=C(Nc1ccccc1C(=O)N/N=C/c1cc2ccccc2cn1)c1ccccc1. The van der Waals surface area contributed by atoms with Gasteiger partial charge in [-0.15, -0.1) is 0 Å². The summed E-state index contributed by atoms with van der Waals surface area (Å²) in [5.74, 6) is -0.726. The zero-order chi connectivity index (χ0) is 20.8. The number of carbonyl (C=O) groups is 2. The monoisotopic (exact) mass is 394 g/mol. The van der Waals surface area contributed by atoms with Gasteiger partial charge in [0.1, 0.15) is 0 Å². The Hall–Kier alpha value is -4.32. The first-order valence-electron chi connectivity index (χ1n) is 9.34. The van der Waals surface area contributed by atoms with Gasteiger partial charge in [0, 0.05) is 17.1 Å². The van der Waals surface area contributed by atoms with E-state index in [4.69, 9.17) is 0 Å². The molecule has 6 nitrogen and oxygen atoms in total. The van der Waals surface area contributed by atoms with E-state index in [0.29, 0.717) is 22.5 Å². The molecule has 2 amide bonds. The number of fused-ring (bicyclic) bond motifs is 1. The number of carbonyl (C=O) groups excluding carboxylic acids is 2. The van der Waals surface area contributed by atoms with E-state index in [1.165, 1.54) is 6.21 Å². The van der Waals surface area contributed by atoms with Crippen molar-refractivity contribution in [1.29, 1.82) is 0 Å². The fourth-order valence-electron chi connectivity index (χ4n) is 2.96. The molecule has 0 atom stereocenters. The molecule has 2 N–H and O–H groups in total. The lowest BCUT2D eigenvalue weighted by molar-refractivity contribution is 0.0956. The number of aromatic nitrogens is 1. The first kappa shape index (κ1) is 19.0. The van der Waals surface area contributed by atoms with Crippen molar-refractivity contribution in [3.63, 3.8) is 0 Å². The molecule has 0 fully saturated rings. The van der Waals surface area contributed by atoms with Crippen LogP contribution in [0.1, 0.15) is 26.4 Å². The van der Waals surface area contributed by atoms with E-state index in [2.05, 4.69) is 20.8 Å². The third kappa shape index (κ3) is 4.39. The van der Waals surface area contributed by atoms with Gasteiger partial charge in [0.05, 0.1) is 23.2 Å². The molecule has 0 aliphatic carbocycles. The van der Waals surface area contributed by atoms with Gasteiger partial charge >= 0.3 is 0 Å². The molecule has 30 heavy (non-hydrogen) atoms. The van der Waals surface area contributed by atoms with Crippen LogP contribution >= 0.6 is 0 Å². The Morgan fingerprint density at radius 3 is 2.33 bits per heavy atom. The molecule has 0 aliphatic rings. The summed E-state index contributed by atoms with van der Waals surface area (Å²) in [5.41, 5.74) is 4.34. The van der Waals surface area contributed by atoms with Crippen LogP contribution in [0.15, 0.2) is 96.2 Å². The number of nitrogens with zero attached hydrogens (tertiary/aromatic N) is 2. The highest BCUT2D eigenvalue weighted by atomic mass is 16.2. The zero-order valence-electron chi connectivity index (χ0n) is 15.9. The molecule has 0 spiro atoms. The van der Waals surface area contributed by atoms with E-state index in [1.807, 2.05) is 36.4 Å². The van der Waals surface area contributed by atoms with Gasteiger partial charge < -0.3 is 5.32 Å². The summed E-state index contributed by atoms with van der Waals surface area (Å²) >= 11 is 0. The molecular formula is C24H18N4O2. The molecule has 1 aromatic heterocycles. The number of nitrogens with one attached hydrogen (secondary N) is 2. The van der Waals surface area contributed by atoms with Crippen molar-refractivity contribution in [2.45, 2.75) is 0 Å². The quantitative estimate of drug-likeness (QED) is 0.392. The summed E-state index contributed by atoms with van der Waals surface area (Å²) in [4.78, 5) is 29.3. The first-order chi connectivity index (χ1) is 14.7. The average molecular weight is 394 g/mol. The maximum absolute atomic E-state index is 12.6. The fraction of sp³-hybridized carbons (Fsp3) is 0. The van der Waals surface area contributed by atoms with Gasteiger partial charge in [-0.3, -0.25) is 14.6 Å². The molecule has 6 heteroatoms. The molecule has 146 valence electrons. The van der Waals surface area contributed by atoms with Gasteiger partial charge in [-0.1, -0.05) is 54.6 Å². The summed E-state index contributed by atoms with van der Waals surface area (Å²) in [7, 11) is 0. The van der Waals surface area contributed by atoms with Gasteiger partial charge in [0.15, 0.2) is 0 Å². The molecule has 4 aromatic rings. The smallest absolute Gasteiger partial charge is 0.273 e. The van der Waals surface area contributed by atoms with Gasteiger partial charge in [-0.2, -0.15) is 5.10 Å². The van der Waals surface area contributed by atoms with Gasteiger partial charge in [0.25, 0.3) is 11.8 Å². The largest absolute Gasteiger partial charge is 0.321 e. The highest BCUT2D eigenvalue weighted by Gasteiger charge is 2.13. The Kier molecular flexibility index (Phi) is 5.57. The number of hydrogen-bond acceptors (Lipinski definition) is 4. The Morgan fingerprint density at radius 2 is 1.50 bits per heavy atom. The van der Waals surface area contributed by atoms with Crippen molar-refractivity contribution in [2.24, 2.45) is 5.10 Å². The number of benzene rings is 3. The maximum atomic E-state index is 12.6. The number of amides is 2. The molecule has 4 rings (SSSR count). The Labute approximate surface area is 173 Å². The normalized spacial score (nSPS) is 10.8. The standard InChI is InChI=1S/C24H18N4O2/c29-23(17-8-2-1-3-9-17)27-22-13-7-6-12-21(22)24(30)28-26-16-20-14-18-10-4-5-11-19(18)15-25-20/h1-16H,(H,27,29)(H,28,30)/b26-16+. The van der Waals surface area contributed by atoms with E-state index >= 15 is 0 Å². The van der Waals surface area contributed by atoms with Gasteiger partial charge in [-0.05, 0) is 35.7 Å². The number of hydrazone groups is 1. The second kappa shape index (κ2) is 8.79. The minimum Gasteiger partial charge on any atom is -0.321 e. The second-order valence-corrected chi connectivity index (χ2v) is 6.52. The molecule has 0 aliphatic heterocycles. The van der Waals surface area contributed by atoms with Crippen molar-refractivity contribution < 1.29 is 9.59 Å². The number of hydrogen-bond donors (Lipinski definition) is 2. The van der Waals surface area contributed by atoms with Crippen molar-refractivity contribution in [2.75, 3.05) is 5.32 Å². The minimum atomic E-state index is -0.434. The van der Waals surface area contributed by atoms with E-state index in [0.717, 1.165) is 10.8 Å². The van der Waals surface area contributed by atoms with Crippen molar-refractivity contribution in [3.05, 3.63) is 108 Å². The van der Waals surface area contributed by atoms with Crippen LogP contribution in [0.2, 0.25) is 0 Å². The molecule has 0 unspecified atom stereocenters. The third-order valence-electron chi connectivity index (χ3n) is 4.47. The summed E-state index contributed by atoms with van der Waals surface area (Å²) in [6.07, 6.45) is 3.24. The van der Waals surface area contributed by atoms with E-state index in [-0.39, 0.29) is 5.91 Å². The van der Waals surface area contributed by atoms with Crippen LogP contribution in [0, 0.1) is 0 Å². The van der Waals surface area contributed by atoms with Crippen molar-refractivity contribution in [1.82, 2.24) is 10.4 Å². The molecule has 0 saturated heterocycles. The highest BCUT2D eigenvalue weighted by Crippen LogP contribution is 2.16. The first-order valence-corrected chi connectivity index (χ1v) is 9.34. The van der Waals surface area contributed by atoms with E-state index in [1.54, 1.807) is 54.7 Å². The molecule has 1 heterocycles. The Bertz CT molecular complexity index is 1240.